The van der Waals surface area contributed by atoms with Crippen molar-refractivity contribution in [3.8, 4) is 17.1 Å². The minimum absolute atomic E-state index is 0.0588. The highest BCUT2D eigenvalue weighted by Gasteiger charge is 2.33. The summed E-state index contributed by atoms with van der Waals surface area (Å²) >= 11 is 0. The van der Waals surface area contributed by atoms with Gasteiger partial charge in [0.25, 0.3) is 0 Å². The molecule has 0 fully saturated rings. The number of benzene rings is 1. The van der Waals surface area contributed by atoms with Crippen LogP contribution in [0.1, 0.15) is 10.6 Å². The van der Waals surface area contributed by atoms with E-state index in [0.29, 0.717) is 6.29 Å². The lowest BCUT2D eigenvalue weighted by Crippen LogP contribution is -2.18. The quantitative estimate of drug-likeness (QED) is 0.631. The number of ether oxygens (including phenoxy) is 1. The van der Waals surface area contributed by atoms with E-state index in [9.17, 15) is 22.4 Å². The van der Waals surface area contributed by atoms with Crippen LogP contribution in [0.4, 0.5) is 17.6 Å². The van der Waals surface area contributed by atoms with Crippen molar-refractivity contribution in [3.63, 3.8) is 0 Å². The first-order valence-electron chi connectivity index (χ1n) is 5.00. The summed E-state index contributed by atoms with van der Waals surface area (Å²) in [6, 6.07) is 5.79. The van der Waals surface area contributed by atoms with Crippen LogP contribution in [0.3, 0.4) is 0 Å². The molecule has 3 nitrogen and oxygen atoms in total. The largest absolute Gasteiger partial charge is 0.573 e. The maximum absolute atomic E-state index is 13.8. The first-order chi connectivity index (χ1) is 8.90. The average Bonchev–Trinajstić information content (AvgIpc) is 2.78. The molecule has 7 heteroatoms. The summed E-state index contributed by atoms with van der Waals surface area (Å²) in [6.07, 6.45) is -4.59. The predicted octanol–water partition coefficient (Wildman–Crippen LogP) is 3.80. The molecular formula is C12H6F4O3. The van der Waals surface area contributed by atoms with Gasteiger partial charge in [-0.25, -0.2) is 4.39 Å². The van der Waals surface area contributed by atoms with E-state index in [4.69, 9.17) is 4.42 Å². The zero-order chi connectivity index (χ0) is 14.0. The normalized spacial score (nSPS) is 11.4. The number of halogens is 4. The topological polar surface area (TPSA) is 39.4 Å². The van der Waals surface area contributed by atoms with E-state index >= 15 is 0 Å². The molecule has 2 rings (SSSR count). The minimum atomic E-state index is -4.99. The monoisotopic (exact) mass is 274 g/mol. The molecule has 1 aromatic carbocycles. The molecule has 0 saturated heterocycles. The summed E-state index contributed by atoms with van der Waals surface area (Å²) in [5, 5.41) is 0. The zero-order valence-corrected chi connectivity index (χ0v) is 9.20. The number of aldehydes is 1. The highest BCUT2D eigenvalue weighted by Crippen LogP contribution is 2.32. The summed E-state index contributed by atoms with van der Waals surface area (Å²) in [5.74, 6) is -2.30. The lowest BCUT2D eigenvalue weighted by Gasteiger charge is -2.10. The molecule has 0 aliphatic rings. The van der Waals surface area contributed by atoms with Crippen LogP contribution in [-0.2, 0) is 0 Å². The predicted molar refractivity (Wildman–Crippen MR) is 56.2 cm³/mol. The number of carbonyl (C=O) groups excluding carboxylic acids is 1. The lowest BCUT2D eigenvalue weighted by molar-refractivity contribution is -0.275. The SMILES string of the molecule is O=Cc1ccc(-c2cccc(OC(F)(F)F)c2F)o1. The second kappa shape index (κ2) is 4.75. The molecule has 100 valence electrons. The van der Waals surface area contributed by atoms with Gasteiger partial charge >= 0.3 is 6.36 Å². The number of hydrogen-bond donors (Lipinski definition) is 0. The van der Waals surface area contributed by atoms with E-state index in [2.05, 4.69) is 4.74 Å². The molecule has 0 unspecified atom stereocenters. The first kappa shape index (κ1) is 13.1. The Morgan fingerprint density at radius 2 is 1.89 bits per heavy atom. The van der Waals surface area contributed by atoms with Crippen LogP contribution in [0.15, 0.2) is 34.7 Å². The second-order valence-electron chi connectivity index (χ2n) is 3.49. The summed E-state index contributed by atoms with van der Waals surface area (Å²) in [6.45, 7) is 0. The Labute approximate surface area is 104 Å². The summed E-state index contributed by atoms with van der Waals surface area (Å²) in [5.41, 5.74) is -0.227. The molecule has 0 bridgehead atoms. The number of alkyl halides is 3. The number of furan rings is 1. The van der Waals surface area contributed by atoms with Crippen molar-refractivity contribution >= 4 is 6.29 Å². The van der Waals surface area contributed by atoms with E-state index in [0.717, 1.165) is 6.07 Å². The van der Waals surface area contributed by atoms with Crippen molar-refractivity contribution in [1.29, 1.82) is 0 Å². The van der Waals surface area contributed by atoms with Gasteiger partial charge in [-0.2, -0.15) is 0 Å². The third-order valence-corrected chi connectivity index (χ3v) is 2.20. The molecule has 0 aliphatic carbocycles. The molecule has 0 radical (unpaired) electrons. The van der Waals surface area contributed by atoms with Crippen molar-refractivity contribution in [2.24, 2.45) is 0 Å². The maximum Gasteiger partial charge on any atom is 0.573 e. The maximum atomic E-state index is 13.8. The Hall–Kier alpha value is -2.31. The lowest BCUT2D eigenvalue weighted by atomic mass is 10.1. The van der Waals surface area contributed by atoms with Gasteiger partial charge in [-0.05, 0) is 24.3 Å². The van der Waals surface area contributed by atoms with Crippen LogP contribution in [0.25, 0.3) is 11.3 Å². The smallest absolute Gasteiger partial charge is 0.453 e. The third-order valence-electron chi connectivity index (χ3n) is 2.20. The summed E-state index contributed by atoms with van der Waals surface area (Å²) in [7, 11) is 0. The fraction of sp³-hybridized carbons (Fsp3) is 0.0833. The highest BCUT2D eigenvalue weighted by molar-refractivity contribution is 5.73. The van der Waals surface area contributed by atoms with Gasteiger partial charge in [-0.1, -0.05) is 6.07 Å². The highest BCUT2D eigenvalue weighted by atomic mass is 19.4. The molecule has 0 amide bonds. The Kier molecular flexibility index (Phi) is 3.28. The van der Waals surface area contributed by atoms with Gasteiger partial charge in [0, 0.05) is 0 Å². The molecule has 0 spiro atoms. The van der Waals surface area contributed by atoms with Gasteiger partial charge < -0.3 is 9.15 Å². The van der Waals surface area contributed by atoms with E-state index in [1.54, 1.807) is 0 Å². The molecule has 0 aliphatic heterocycles. The van der Waals surface area contributed by atoms with Crippen molar-refractivity contribution in [1.82, 2.24) is 0 Å². The van der Waals surface area contributed by atoms with Crippen molar-refractivity contribution in [2.75, 3.05) is 0 Å². The molecule has 1 aromatic heterocycles. The van der Waals surface area contributed by atoms with Crippen LogP contribution in [0.5, 0.6) is 5.75 Å². The molecule has 19 heavy (non-hydrogen) atoms. The van der Waals surface area contributed by atoms with Gasteiger partial charge in [0.2, 0.25) is 0 Å². The molecule has 0 saturated carbocycles. The van der Waals surface area contributed by atoms with E-state index in [1.165, 1.54) is 24.3 Å². The standard InChI is InChI=1S/C12H6F4O3/c13-11-8(9-5-4-7(6-17)18-9)2-1-3-10(11)19-12(14,15)16/h1-6H. The van der Waals surface area contributed by atoms with Gasteiger partial charge in [-0.15, -0.1) is 13.2 Å². The first-order valence-corrected chi connectivity index (χ1v) is 5.00. The Morgan fingerprint density at radius 3 is 2.47 bits per heavy atom. The van der Waals surface area contributed by atoms with Gasteiger partial charge in [0.15, 0.2) is 23.6 Å². The van der Waals surface area contributed by atoms with Crippen LogP contribution in [0.2, 0.25) is 0 Å². The Morgan fingerprint density at radius 1 is 1.16 bits per heavy atom. The summed E-state index contributed by atoms with van der Waals surface area (Å²) in [4.78, 5) is 10.4. The fourth-order valence-corrected chi connectivity index (χ4v) is 1.47. The molecule has 1 heterocycles. The number of carbonyl (C=O) groups is 1. The molecular weight excluding hydrogens is 268 g/mol. The van der Waals surface area contributed by atoms with Crippen LogP contribution in [0, 0.1) is 5.82 Å². The summed E-state index contributed by atoms with van der Waals surface area (Å²) < 4.78 is 58.5. The third kappa shape index (κ3) is 2.93. The Bertz CT molecular complexity index is 601. The number of rotatable bonds is 3. The second-order valence-corrected chi connectivity index (χ2v) is 3.49. The zero-order valence-electron chi connectivity index (χ0n) is 9.20. The average molecular weight is 274 g/mol. The minimum Gasteiger partial charge on any atom is -0.453 e. The van der Waals surface area contributed by atoms with Crippen molar-refractivity contribution < 1.29 is 31.5 Å². The van der Waals surface area contributed by atoms with Gasteiger partial charge in [-0.3, -0.25) is 4.79 Å². The molecule has 0 N–H and O–H groups in total. The van der Waals surface area contributed by atoms with Crippen molar-refractivity contribution in [3.05, 3.63) is 41.9 Å². The van der Waals surface area contributed by atoms with Crippen LogP contribution < -0.4 is 4.74 Å². The van der Waals surface area contributed by atoms with Crippen molar-refractivity contribution in [2.45, 2.75) is 6.36 Å². The fourth-order valence-electron chi connectivity index (χ4n) is 1.47. The molecule has 0 atom stereocenters. The molecule has 2 aromatic rings. The van der Waals surface area contributed by atoms with Gasteiger partial charge in [0.05, 0.1) is 5.56 Å². The van der Waals surface area contributed by atoms with E-state index in [1.807, 2.05) is 0 Å². The number of hydrogen-bond acceptors (Lipinski definition) is 3. The van der Waals surface area contributed by atoms with E-state index < -0.39 is 17.9 Å². The van der Waals surface area contributed by atoms with Crippen LogP contribution >= 0.6 is 0 Å². The Balaban J connectivity index is 2.42. The van der Waals surface area contributed by atoms with Crippen LogP contribution in [-0.4, -0.2) is 12.6 Å². The van der Waals surface area contributed by atoms with E-state index in [-0.39, 0.29) is 17.1 Å². The van der Waals surface area contributed by atoms with Gasteiger partial charge in [0.1, 0.15) is 5.76 Å².